The Labute approximate surface area is 67.4 Å². The van der Waals surface area contributed by atoms with Crippen LogP contribution in [0.2, 0.25) is 0 Å². The van der Waals surface area contributed by atoms with E-state index < -0.39 is 12.0 Å². The van der Waals surface area contributed by atoms with Gasteiger partial charge in [0.25, 0.3) is 0 Å². The van der Waals surface area contributed by atoms with E-state index in [1.54, 1.807) is 6.92 Å². The van der Waals surface area contributed by atoms with Crippen LogP contribution in [0.4, 0.5) is 0 Å². The molecule has 3 heteroatoms. The van der Waals surface area contributed by atoms with Gasteiger partial charge in [0.05, 0.1) is 19.1 Å². The summed E-state index contributed by atoms with van der Waals surface area (Å²) in [6.45, 7) is 5.39. The van der Waals surface area contributed by atoms with E-state index in [1.165, 1.54) is 7.11 Å². The Morgan fingerprint density at radius 2 is 1.82 bits per heavy atom. The first-order chi connectivity index (χ1) is 5.00. The minimum absolute atomic E-state index is 0.0871. The van der Waals surface area contributed by atoms with E-state index in [0.29, 0.717) is 0 Å². The van der Waals surface area contributed by atoms with Gasteiger partial charge >= 0.3 is 5.97 Å². The molecule has 0 rings (SSSR count). The molecular weight excluding hydrogens is 144 g/mol. The van der Waals surface area contributed by atoms with Gasteiger partial charge in [-0.2, -0.15) is 0 Å². The molecule has 0 heterocycles. The number of aliphatic hydroxyl groups excluding tert-OH is 1. The monoisotopic (exact) mass is 160 g/mol. The SMILES string of the molecule is COC(=O)C(C)C(O)C(C)C. The average molecular weight is 160 g/mol. The highest BCUT2D eigenvalue weighted by molar-refractivity contribution is 5.72. The van der Waals surface area contributed by atoms with Crippen molar-refractivity contribution in [1.29, 1.82) is 0 Å². The molecule has 0 bridgehead atoms. The first-order valence-electron chi connectivity index (χ1n) is 3.76. The van der Waals surface area contributed by atoms with Crippen molar-refractivity contribution in [2.45, 2.75) is 26.9 Å². The van der Waals surface area contributed by atoms with Crippen LogP contribution >= 0.6 is 0 Å². The molecule has 0 aromatic heterocycles. The van der Waals surface area contributed by atoms with E-state index in [1.807, 2.05) is 13.8 Å². The molecule has 0 spiro atoms. The maximum atomic E-state index is 10.9. The van der Waals surface area contributed by atoms with E-state index >= 15 is 0 Å². The summed E-state index contributed by atoms with van der Waals surface area (Å²) in [6, 6.07) is 0. The van der Waals surface area contributed by atoms with Crippen LogP contribution in [0, 0.1) is 11.8 Å². The summed E-state index contributed by atoms with van der Waals surface area (Å²) in [5.74, 6) is -0.699. The molecule has 0 aromatic rings. The maximum absolute atomic E-state index is 10.9. The molecule has 2 atom stereocenters. The molecule has 11 heavy (non-hydrogen) atoms. The van der Waals surface area contributed by atoms with Crippen LogP contribution < -0.4 is 0 Å². The smallest absolute Gasteiger partial charge is 0.311 e. The van der Waals surface area contributed by atoms with E-state index in [0.717, 1.165) is 0 Å². The van der Waals surface area contributed by atoms with E-state index in [2.05, 4.69) is 4.74 Å². The first-order valence-corrected chi connectivity index (χ1v) is 3.76. The molecule has 0 aliphatic carbocycles. The molecule has 0 saturated carbocycles. The van der Waals surface area contributed by atoms with Crippen molar-refractivity contribution in [2.24, 2.45) is 11.8 Å². The molecule has 1 N–H and O–H groups in total. The van der Waals surface area contributed by atoms with Crippen LogP contribution in [0.3, 0.4) is 0 Å². The highest BCUT2D eigenvalue weighted by atomic mass is 16.5. The van der Waals surface area contributed by atoms with Gasteiger partial charge in [-0.25, -0.2) is 0 Å². The third kappa shape index (κ3) is 2.89. The fraction of sp³-hybridized carbons (Fsp3) is 0.875. The zero-order chi connectivity index (χ0) is 9.02. The lowest BCUT2D eigenvalue weighted by molar-refractivity contribution is -0.149. The molecule has 3 nitrogen and oxygen atoms in total. The number of ether oxygens (including phenoxy) is 1. The van der Waals surface area contributed by atoms with Gasteiger partial charge in [0, 0.05) is 0 Å². The number of hydrogen-bond acceptors (Lipinski definition) is 3. The molecule has 0 saturated heterocycles. The van der Waals surface area contributed by atoms with Gasteiger partial charge in [0.15, 0.2) is 0 Å². The summed E-state index contributed by atoms with van der Waals surface area (Å²) in [5, 5.41) is 9.40. The molecule has 0 aliphatic rings. The molecule has 0 amide bonds. The fourth-order valence-corrected chi connectivity index (χ4v) is 0.903. The fourth-order valence-electron chi connectivity index (χ4n) is 0.903. The van der Waals surface area contributed by atoms with Gasteiger partial charge in [-0.15, -0.1) is 0 Å². The number of esters is 1. The summed E-state index contributed by atoms with van der Waals surface area (Å²) < 4.78 is 4.48. The van der Waals surface area contributed by atoms with Crippen LogP contribution in [-0.4, -0.2) is 24.3 Å². The second-order valence-corrected chi connectivity index (χ2v) is 3.05. The molecule has 0 aromatic carbocycles. The van der Waals surface area contributed by atoms with Crippen molar-refractivity contribution >= 4 is 5.97 Å². The summed E-state index contributed by atoms with van der Waals surface area (Å²) in [5.41, 5.74) is 0. The van der Waals surface area contributed by atoms with Crippen molar-refractivity contribution in [3.8, 4) is 0 Å². The predicted molar refractivity (Wildman–Crippen MR) is 42.0 cm³/mol. The Morgan fingerprint density at radius 3 is 2.09 bits per heavy atom. The van der Waals surface area contributed by atoms with Crippen LogP contribution in [-0.2, 0) is 9.53 Å². The lowest BCUT2D eigenvalue weighted by atomic mass is 9.95. The normalized spacial score (nSPS) is 16.2. The summed E-state index contributed by atoms with van der Waals surface area (Å²) in [4.78, 5) is 10.9. The van der Waals surface area contributed by atoms with Gasteiger partial charge < -0.3 is 9.84 Å². The molecule has 0 aliphatic heterocycles. The van der Waals surface area contributed by atoms with Crippen LogP contribution in [0.25, 0.3) is 0 Å². The van der Waals surface area contributed by atoms with Gasteiger partial charge in [-0.3, -0.25) is 4.79 Å². The molecule has 66 valence electrons. The number of carbonyl (C=O) groups is 1. The Kier molecular flexibility index (Phi) is 4.11. The minimum Gasteiger partial charge on any atom is -0.469 e. The second kappa shape index (κ2) is 4.34. The standard InChI is InChI=1S/C8H16O3/c1-5(2)7(9)6(3)8(10)11-4/h5-7,9H,1-4H3. The van der Waals surface area contributed by atoms with Crippen molar-refractivity contribution in [3.63, 3.8) is 0 Å². The Bertz CT molecular complexity index is 131. The summed E-state index contributed by atoms with van der Waals surface area (Å²) >= 11 is 0. The molecular formula is C8H16O3. The Morgan fingerprint density at radius 1 is 1.36 bits per heavy atom. The molecule has 0 fully saturated rings. The van der Waals surface area contributed by atoms with Gasteiger partial charge in [0.1, 0.15) is 0 Å². The van der Waals surface area contributed by atoms with E-state index in [4.69, 9.17) is 0 Å². The number of rotatable bonds is 3. The number of carbonyl (C=O) groups excluding carboxylic acids is 1. The third-order valence-corrected chi connectivity index (χ3v) is 1.77. The Hall–Kier alpha value is -0.570. The van der Waals surface area contributed by atoms with Gasteiger partial charge in [-0.05, 0) is 12.8 Å². The van der Waals surface area contributed by atoms with E-state index in [9.17, 15) is 9.90 Å². The largest absolute Gasteiger partial charge is 0.469 e. The first kappa shape index (κ1) is 10.4. The zero-order valence-corrected chi connectivity index (χ0v) is 7.50. The van der Waals surface area contributed by atoms with Gasteiger partial charge in [-0.1, -0.05) is 13.8 Å². The maximum Gasteiger partial charge on any atom is 0.311 e. The zero-order valence-electron chi connectivity index (χ0n) is 7.50. The van der Waals surface area contributed by atoms with Crippen molar-refractivity contribution in [1.82, 2.24) is 0 Å². The minimum atomic E-state index is -0.609. The molecule has 2 unspecified atom stereocenters. The highest BCUT2D eigenvalue weighted by Crippen LogP contribution is 2.13. The lowest BCUT2D eigenvalue weighted by Gasteiger charge is -2.19. The van der Waals surface area contributed by atoms with Crippen molar-refractivity contribution in [2.75, 3.05) is 7.11 Å². The number of hydrogen-bond donors (Lipinski definition) is 1. The van der Waals surface area contributed by atoms with Crippen LogP contribution in [0.5, 0.6) is 0 Å². The second-order valence-electron chi connectivity index (χ2n) is 3.05. The number of aliphatic hydroxyl groups is 1. The van der Waals surface area contributed by atoms with Crippen molar-refractivity contribution < 1.29 is 14.6 Å². The Balaban J connectivity index is 4.01. The van der Waals surface area contributed by atoms with Crippen LogP contribution in [0.15, 0.2) is 0 Å². The van der Waals surface area contributed by atoms with E-state index in [-0.39, 0.29) is 11.9 Å². The van der Waals surface area contributed by atoms with Crippen LogP contribution in [0.1, 0.15) is 20.8 Å². The number of methoxy groups -OCH3 is 1. The van der Waals surface area contributed by atoms with Gasteiger partial charge in [0.2, 0.25) is 0 Å². The summed E-state index contributed by atoms with van der Waals surface area (Å²) in [6.07, 6.45) is -0.609. The molecule has 0 radical (unpaired) electrons. The van der Waals surface area contributed by atoms with Crippen molar-refractivity contribution in [3.05, 3.63) is 0 Å². The lowest BCUT2D eigenvalue weighted by Crippen LogP contribution is -2.30. The third-order valence-electron chi connectivity index (χ3n) is 1.77. The average Bonchev–Trinajstić information content (AvgIpc) is 2.00. The topological polar surface area (TPSA) is 46.5 Å². The highest BCUT2D eigenvalue weighted by Gasteiger charge is 2.24. The summed E-state index contributed by atoms with van der Waals surface area (Å²) in [7, 11) is 1.33. The predicted octanol–water partition coefficient (Wildman–Crippen LogP) is 0.812. The quantitative estimate of drug-likeness (QED) is 0.621.